The Bertz CT molecular complexity index is 381. The maximum Gasteiger partial charge on any atom is 0.259 e. The van der Waals surface area contributed by atoms with Crippen molar-refractivity contribution in [3.05, 3.63) is 17.0 Å². The number of aromatic nitrogens is 1. The summed E-state index contributed by atoms with van der Waals surface area (Å²) in [5, 5.41) is 7.09. The van der Waals surface area contributed by atoms with Gasteiger partial charge in [0, 0.05) is 32.6 Å². The highest BCUT2D eigenvalue weighted by molar-refractivity contribution is 5.96. The third-order valence-corrected chi connectivity index (χ3v) is 2.87. The summed E-state index contributed by atoms with van der Waals surface area (Å²) in [6.45, 7) is 7.01. The van der Waals surface area contributed by atoms with Gasteiger partial charge >= 0.3 is 0 Å². The van der Waals surface area contributed by atoms with Crippen LogP contribution in [-0.2, 0) is 6.42 Å². The first-order valence-corrected chi connectivity index (χ1v) is 5.69. The van der Waals surface area contributed by atoms with Gasteiger partial charge in [-0.2, -0.15) is 0 Å². The molecule has 0 radical (unpaired) electrons. The molecular formula is C11H17N3O2. The molecule has 1 fully saturated rings. The summed E-state index contributed by atoms with van der Waals surface area (Å²) in [6, 6.07) is 0. The van der Waals surface area contributed by atoms with E-state index in [4.69, 9.17) is 4.52 Å². The van der Waals surface area contributed by atoms with Gasteiger partial charge in [0.15, 0.2) is 0 Å². The third-order valence-electron chi connectivity index (χ3n) is 2.87. The summed E-state index contributed by atoms with van der Waals surface area (Å²) < 4.78 is 5.14. The molecule has 2 rings (SSSR count). The van der Waals surface area contributed by atoms with Crippen molar-refractivity contribution in [3.63, 3.8) is 0 Å². The lowest BCUT2D eigenvalue weighted by Crippen LogP contribution is -2.46. The van der Waals surface area contributed by atoms with Crippen LogP contribution in [0.5, 0.6) is 0 Å². The molecule has 5 heteroatoms. The Morgan fingerprint density at radius 2 is 2.19 bits per heavy atom. The second kappa shape index (κ2) is 4.65. The van der Waals surface area contributed by atoms with Crippen LogP contribution in [-0.4, -0.2) is 42.1 Å². The number of nitrogens with one attached hydrogen (secondary N) is 1. The lowest BCUT2D eigenvalue weighted by atomic mass is 10.1. The van der Waals surface area contributed by atoms with Gasteiger partial charge in [0.25, 0.3) is 5.91 Å². The summed E-state index contributed by atoms with van der Waals surface area (Å²) in [5.74, 6) is 0.748. The number of aryl methyl sites for hydroxylation is 2. The molecule has 0 spiro atoms. The fourth-order valence-corrected chi connectivity index (χ4v) is 1.96. The van der Waals surface area contributed by atoms with Crippen molar-refractivity contribution >= 4 is 5.91 Å². The standard InChI is InChI=1S/C11H17N3O2/c1-3-9-10(8(2)13-16-9)11(15)14-6-4-12-5-7-14/h12H,3-7H2,1-2H3. The largest absolute Gasteiger partial charge is 0.360 e. The van der Waals surface area contributed by atoms with Crippen molar-refractivity contribution in [3.8, 4) is 0 Å². The summed E-state index contributed by atoms with van der Waals surface area (Å²) in [7, 11) is 0. The molecule has 1 aromatic heterocycles. The normalized spacial score (nSPS) is 16.5. The van der Waals surface area contributed by atoms with E-state index in [0.717, 1.165) is 26.2 Å². The SMILES string of the molecule is CCc1onc(C)c1C(=O)N1CCNCC1. The number of piperazine rings is 1. The lowest BCUT2D eigenvalue weighted by molar-refractivity contribution is 0.0733. The zero-order valence-electron chi connectivity index (χ0n) is 9.75. The maximum absolute atomic E-state index is 12.3. The minimum Gasteiger partial charge on any atom is -0.360 e. The van der Waals surface area contributed by atoms with Crippen LogP contribution in [0.2, 0.25) is 0 Å². The topological polar surface area (TPSA) is 58.4 Å². The minimum absolute atomic E-state index is 0.0529. The minimum atomic E-state index is 0.0529. The molecule has 5 nitrogen and oxygen atoms in total. The summed E-state index contributed by atoms with van der Waals surface area (Å²) >= 11 is 0. The number of hydrogen-bond donors (Lipinski definition) is 1. The van der Waals surface area contributed by atoms with E-state index in [1.807, 2.05) is 18.7 Å². The van der Waals surface area contributed by atoms with Crippen LogP contribution in [0.25, 0.3) is 0 Å². The Hall–Kier alpha value is -1.36. The first-order valence-electron chi connectivity index (χ1n) is 5.69. The van der Waals surface area contributed by atoms with Crippen LogP contribution < -0.4 is 5.32 Å². The number of carbonyl (C=O) groups is 1. The molecule has 0 aromatic carbocycles. The highest BCUT2D eigenvalue weighted by atomic mass is 16.5. The molecule has 0 saturated carbocycles. The van der Waals surface area contributed by atoms with Crippen LogP contribution >= 0.6 is 0 Å². The quantitative estimate of drug-likeness (QED) is 0.797. The molecule has 0 aliphatic carbocycles. The smallest absolute Gasteiger partial charge is 0.259 e. The van der Waals surface area contributed by atoms with E-state index in [1.54, 1.807) is 0 Å². The fourth-order valence-electron chi connectivity index (χ4n) is 1.96. The number of carbonyl (C=O) groups excluding carboxylic acids is 1. The van der Waals surface area contributed by atoms with E-state index in [1.165, 1.54) is 0 Å². The molecule has 0 bridgehead atoms. The van der Waals surface area contributed by atoms with Crippen molar-refractivity contribution in [2.24, 2.45) is 0 Å². The van der Waals surface area contributed by atoms with Crippen LogP contribution in [0.1, 0.15) is 28.7 Å². The van der Waals surface area contributed by atoms with E-state index < -0.39 is 0 Å². The van der Waals surface area contributed by atoms with Gasteiger partial charge in [0.2, 0.25) is 0 Å². The van der Waals surface area contributed by atoms with Gasteiger partial charge in [-0.25, -0.2) is 0 Å². The van der Waals surface area contributed by atoms with Gasteiger partial charge in [0.05, 0.1) is 5.69 Å². The van der Waals surface area contributed by atoms with E-state index in [-0.39, 0.29) is 5.91 Å². The first-order chi connectivity index (χ1) is 7.74. The predicted octanol–water partition coefficient (Wildman–Crippen LogP) is 0.591. The fraction of sp³-hybridized carbons (Fsp3) is 0.636. The Kier molecular flexibility index (Phi) is 3.24. The van der Waals surface area contributed by atoms with Gasteiger partial charge in [-0.05, 0) is 6.92 Å². The lowest BCUT2D eigenvalue weighted by Gasteiger charge is -2.27. The predicted molar refractivity (Wildman–Crippen MR) is 59.4 cm³/mol. The Labute approximate surface area is 94.8 Å². The number of hydrogen-bond acceptors (Lipinski definition) is 4. The molecule has 16 heavy (non-hydrogen) atoms. The molecule has 1 aliphatic heterocycles. The maximum atomic E-state index is 12.3. The Balaban J connectivity index is 2.21. The molecule has 0 unspecified atom stereocenters. The first kappa shape index (κ1) is 11.1. The van der Waals surface area contributed by atoms with Crippen molar-refractivity contribution in [2.45, 2.75) is 20.3 Å². The molecule has 0 atom stereocenters. The highest BCUT2D eigenvalue weighted by Gasteiger charge is 2.25. The number of nitrogens with zero attached hydrogens (tertiary/aromatic N) is 2. The zero-order chi connectivity index (χ0) is 11.5. The molecule has 1 aliphatic rings. The van der Waals surface area contributed by atoms with Crippen LogP contribution in [0.4, 0.5) is 0 Å². The van der Waals surface area contributed by atoms with E-state index in [0.29, 0.717) is 23.4 Å². The van der Waals surface area contributed by atoms with E-state index in [9.17, 15) is 4.79 Å². The van der Waals surface area contributed by atoms with Gasteiger partial charge in [0.1, 0.15) is 11.3 Å². The van der Waals surface area contributed by atoms with E-state index in [2.05, 4.69) is 10.5 Å². The molecule has 1 amide bonds. The molecule has 2 heterocycles. The number of rotatable bonds is 2. The Morgan fingerprint density at radius 3 is 2.81 bits per heavy atom. The average molecular weight is 223 g/mol. The highest BCUT2D eigenvalue weighted by Crippen LogP contribution is 2.16. The van der Waals surface area contributed by atoms with Gasteiger partial charge in [-0.3, -0.25) is 4.79 Å². The van der Waals surface area contributed by atoms with Gasteiger partial charge in [-0.1, -0.05) is 12.1 Å². The van der Waals surface area contributed by atoms with Crippen molar-refractivity contribution in [1.82, 2.24) is 15.4 Å². The van der Waals surface area contributed by atoms with Crippen LogP contribution in [0, 0.1) is 6.92 Å². The number of amides is 1. The summed E-state index contributed by atoms with van der Waals surface area (Å²) in [4.78, 5) is 14.1. The van der Waals surface area contributed by atoms with Crippen LogP contribution in [0.3, 0.4) is 0 Å². The van der Waals surface area contributed by atoms with Crippen molar-refractivity contribution < 1.29 is 9.32 Å². The third kappa shape index (κ3) is 1.95. The molecule has 88 valence electrons. The van der Waals surface area contributed by atoms with Gasteiger partial charge < -0.3 is 14.7 Å². The monoisotopic (exact) mass is 223 g/mol. The van der Waals surface area contributed by atoms with Crippen molar-refractivity contribution in [1.29, 1.82) is 0 Å². The second-order valence-corrected chi connectivity index (χ2v) is 3.96. The van der Waals surface area contributed by atoms with Gasteiger partial charge in [-0.15, -0.1) is 0 Å². The molecular weight excluding hydrogens is 206 g/mol. The average Bonchev–Trinajstić information content (AvgIpc) is 2.70. The second-order valence-electron chi connectivity index (χ2n) is 3.96. The van der Waals surface area contributed by atoms with Crippen LogP contribution in [0.15, 0.2) is 4.52 Å². The summed E-state index contributed by atoms with van der Waals surface area (Å²) in [5.41, 5.74) is 1.35. The van der Waals surface area contributed by atoms with E-state index >= 15 is 0 Å². The summed E-state index contributed by atoms with van der Waals surface area (Å²) in [6.07, 6.45) is 0.702. The molecule has 1 aromatic rings. The Morgan fingerprint density at radius 1 is 1.50 bits per heavy atom. The molecule has 1 saturated heterocycles. The van der Waals surface area contributed by atoms with Crippen molar-refractivity contribution in [2.75, 3.05) is 26.2 Å². The zero-order valence-corrected chi connectivity index (χ0v) is 9.75. The molecule has 1 N–H and O–H groups in total.